The van der Waals surface area contributed by atoms with Gasteiger partial charge in [0.05, 0.1) is 10.7 Å². The number of benzene rings is 1. The van der Waals surface area contributed by atoms with E-state index in [1.807, 2.05) is 28.4 Å². The smallest absolute Gasteiger partial charge is 0.359 e. The molecule has 2 aromatic rings. The number of carbonyl (C=O) groups is 2. The van der Waals surface area contributed by atoms with Crippen molar-refractivity contribution >= 4 is 41.1 Å². The van der Waals surface area contributed by atoms with E-state index >= 15 is 0 Å². The molecular weight excluding hydrogens is 468 g/mol. The van der Waals surface area contributed by atoms with E-state index in [0.717, 1.165) is 48.7 Å². The van der Waals surface area contributed by atoms with Crippen LogP contribution in [0.1, 0.15) is 39.8 Å². The van der Waals surface area contributed by atoms with Crippen LogP contribution in [0.3, 0.4) is 0 Å². The minimum atomic E-state index is -0.378. The highest BCUT2D eigenvalue weighted by atomic mass is 32.2. The second-order valence-electron chi connectivity index (χ2n) is 9.20. The van der Waals surface area contributed by atoms with E-state index in [4.69, 9.17) is 4.74 Å². The fourth-order valence-electron chi connectivity index (χ4n) is 5.20. The van der Waals surface area contributed by atoms with Crippen LogP contribution in [-0.4, -0.2) is 74.9 Å². The minimum Gasteiger partial charge on any atom is -0.461 e. The lowest BCUT2D eigenvalue weighted by molar-refractivity contribution is -0.132. The predicted octanol–water partition coefficient (Wildman–Crippen LogP) is 3.30. The normalized spacial score (nSPS) is 19.0. The molecule has 5 rings (SSSR count). The molecule has 0 N–H and O–H groups in total. The van der Waals surface area contributed by atoms with Crippen LogP contribution in [0.4, 0.5) is 5.69 Å². The van der Waals surface area contributed by atoms with Gasteiger partial charge < -0.3 is 14.5 Å². The Bertz CT molecular complexity index is 1100. The third-order valence-corrected chi connectivity index (χ3v) is 10.6. The van der Waals surface area contributed by atoms with Crippen molar-refractivity contribution in [3.8, 4) is 0 Å². The highest BCUT2D eigenvalue weighted by Gasteiger charge is 2.46. The summed E-state index contributed by atoms with van der Waals surface area (Å²) in [5, 5.41) is 4.59. The van der Waals surface area contributed by atoms with E-state index in [-0.39, 0.29) is 22.5 Å². The zero-order chi connectivity index (χ0) is 23.9. The van der Waals surface area contributed by atoms with Crippen molar-refractivity contribution in [2.75, 3.05) is 49.2 Å². The van der Waals surface area contributed by atoms with Crippen LogP contribution < -0.4 is 4.90 Å². The summed E-state index contributed by atoms with van der Waals surface area (Å²) in [6, 6.07) is 6.40. The number of rotatable bonds is 5. The average molecular weight is 501 g/mol. The van der Waals surface area contributed by atoms with E-state index in [9.17, 15) is 9.59 Å². The summed E-state index contributed by atoms with van der Waals surface area (Å²) in [7, 11) is 0. The molecule has 2 fully saturated rings. The highest BCUT2D eigenvalue weighted by molar-refractivity contribution is 8.21. The molecule has 1 aromatic heterocycles. The number of anilines is 1. The van der Waals surface area contributed by atoms with Gasteiger partial charge in [-0.2, -0.15) is 5.10 Å². The van der Waals surface area contributed by atoms with Gasteiger partial charge >= 0.3 is 5.97 Å². The molecule has 0 atom stereocenters. The van der Waals surface area contributed by atoms with Gasteiger partial charge in [0.1, 0.15) is 6.54 Å². The number of hydrogen-bond donors (Lipinski definition) is 0. The Morgan fingerprint density at radius 2 is 1.82 bits per heavy atom. The lowest BCUT2D eigenvalue weighted by Crippen LogP contribution is -2.50. The Labute approximate surface area is 209 Å². The summed E-state index contributed by atoms with van der Waals surface area (Å²) in [6.45, 7) is 9.62. The number of aromatic nitrogens is 2. The molecule has 7 nitrogen and oxygen atoms in total. The average Bonchev–Trinajstić information content (AvgIpc) is 3.53. The third kappa shape index (κ3) is 4.33. The molecule has 0 radical (unpaired) electrons. The number of carbonyl (C=O) groups excluding carboxylic acids is 2. The SMILES string of the molecule is CCOC(=O)c1nn(CC(=O)N2CCN(c3cccc(C)c3C)CC2)c2c1CC1(C2)SCCS1. The van der Waals surface area contributed by atoms with Crippen molar-refractivity contribution in [1.29, 1.82) is 0 Å². The molecule has 1 amide bonds. The summed E-state index contributed by atoms with van der Waals surface area (Å²) < 4.78 is 7.15. The standard InChI is InChI=1S/C25H32N4O3S2/c1-4-32-24(31)23-19-14-25(33-12-13-34-25)15-21(19)29(26-23)16-22(30)28-10-8-27(9-11-28)20-7-5-6-17(2)18(20)3/h5-7H,4,8-16H2,1-3H3. The maximum atomic E-state index is 13.3. The van der Waals surface area contributed by atoms with Gasteiger partial charge in [-0.1, -0.05) is 12.1 Å². The molecule has 9 heteroatoms. The monoisotopic (exact) mass is 500 g/mol. The molecule has 1 aromatic carbocycles. The van der Waals surface area contributed by atoms with Crippen molar-refractivity contribution in [2.45, 2.75) is 44.2 Å². The Morgan fingerprint density at radius 3 is 2.53 bits per heavy atom. The fraction of sp³-hybridized carbons (Fsp3) is 0.560. The van der Waals surface area contributed by atoms with Gasteiger partial charge in [0, 0.05) is 67.5 Å². The van der Waals surface area contributed by atoms with Crippen LogP contribution in [0.2, 0.25) is 0 Å². The molecule has 34 heavy (non-hydrogen) atoms. The molecular formula is C25H32N4O3S2. The quantitative estimate of drug-likeness (QED) is 0.584. The van der Waals surface area contributed by atoms with Gasteiger partial charge in [-0.3, -0.25) is 9.48 Å². The molecule has 0 saturated carbocycles. The molecule has 182 valence electrons. The number of fused-ring (bicyclic) bond motifs is 1. The third-order valence-electron chi connectivity index (χ3n) is 7.17. The van der Waals surface area contributed by atoms with E-state index in [1.54, 1.807) is 11.6 Å². The number of aryl methyl sites for hydroxylation is 1. The first-order valence-electron chi connectivity index (χ1n) is 12.0. The van der Waals surface area contributed by atoms with E-state index in [1.165, 1.54) is 16.8 Å². The first-order valence-corrected chi connectivity index (χ1v) is 14.0. The number of hydrogen-bond acceptors (Lipinski definition) is 7. The van der Waals surface area contributed by atoms with Gasteiger partial charge in [0.25, 0.3) is 0 Å². The van der Waals surface area contributed by atoms with Gasteiger partial charge in [-0.25, -0.2) is 4.79 Å². The van der Waals surface area contributed by atoms with Crippen LogP contribution in [0, 0.1) is 13.8 Å². The van der Waals surface area contributed by atoms with Crippen LogP contribution >= 0.6 is 23.5 Å². The van der Waals surface area contributed by atoms with Gasteiger partial charge in [0.2, 0.25) is 5.91 Å². The summed E-state index contributed by atoms with van der Waals surface area (Å²) >= 11 is 3.94. The lowest BCUT2D eigenvalue weighted by Gasteiger charge is -2.37. The fourth-order valence-corrected chi connectivity index (χ4v) is 8.42. The number of amides is 1. The number of ether oxygens (including phenoxy) is 1. The van der Waals surface area contributed by atoms with E-state index < -0.39 is 0 Å². The second kappa shape index (κ2) is 9.49. The number of nitrogens with zero attached hydrogens (tertiary/aromatic N) is 4. The van der Waals surface area contributed by atoms with Crippen LogP contribution in [0.25, 0.3) is 0 Å². The summed E-state index contributed by atoms with van der Waals surface area (Å²) in [6.07, 6.45) is 1.66. The summed E-state index contributed by atoms with van der Waals surface area (Å²) in [4.78, 5) is 30.2. The molecule has 1 spiro atoms. The topological polar surface area (TPSA) is 67.7 Å². The maximum absolute atomic E-state index is 13.3. The Balaban J connectivity index is 1.29. The van der Waals surface area contributed by atoms with Crippen molar-refractivity contribution in [1.82, 2.24) is 14.7 Å². The minimum absolute atomic E-state index is 0.0639. The molecule has 2 aliphatic heterocycles. The van der Waals surface area contributed by atoms with Gasteiger partial charge in [0.15, 0.2) is 5.69 Å². The molecule has 0 bridgehead atoms. The van der Waals surface area contributed by atoms with Crippen LogP contribution in [0.15, 0.2) is 18.2 Å². The lowest BCUT2D eigenvalue weighted by atomic mass is 10.1. The van der Waals surface area contributed by atoms with Gasteiger partial charge in [-0.05, 0) is 38.0 Å². The van der Waals surface area contributed by atoms with E-state index in [0.29, 0.717) is 25.4 Å². The summed E-state index contributed by atoms with van der Waals surface area (Å²) in [5.74, 6) is 1.94. The van der Waals surface area contributed by atoms with Crippen molar-refractivity contribution in [3.05, 3.63) is 46.3 Å². The van der Waals surface area contributed by atoms with Crippen molar-refractivity contribution < 1.29 is 14.3 Å². The van der Waals surface area contributed by atoms with Gasteiger partial charge in [-0.15, -0.1) is 23.5 Å². The Kier molecular flexibility index (Phi) is 6.59. The molecule has 3 heterocycles. The molecule has 2 saturated heterocycles. The predicted molar refractivity (Wildman–Crippen MR) is 138 cm³/mol. The second-order valence-corrected chi connectivity index (χ2v) is 12.4. The Morgan fingerprint density at radius 1 is 1.09 bits per heavy atom. The molecule has 3 aliphatic rings. The first-order chi connectivity index (χ1) is 16.4. The molecule has 1 aliphatic carbocycles. The van der Waals surface area contributed by atoms with Crippen molar-refractivity contribution in [3.63, 3.8) is 0 Å². The van der Waals surface area contributed by atoms with Crippen LogP contribution in [0.5, 0.6) is 0 Å². The number of esters is 1. The Hall–Kier alpha value is -2.13. The largest absolute Gasteiger partial charge is 0.461 e. The molecule has 0 unspecified atom stereocenters. The van der Waals surface area contributed by atoms with Crippen molar-refractivity contribution in [2.24, 2.45) is 0 Å². The van der Waals surface area contributed by atoms with Crippen LogP contribution in [-0.2, 0) is 28.9 Å². The maximum Gasteiger partial charge on any atom is 0.359 e. The number of thioether (sulfide) groups is 2. The highest BCUT2D eigenvalue weighted by Crippen LogP contribution is 2.53. The zero-order valence-corrected chi connectivity index (χ0v) is 21.8. The van der Waals surface area contributed by atoms with E-state index in [2.05, 4.69) is 42.0 Å². The zero-order valence-electron chi connectivity index (χ0n) is 20.1. The summed E-state index contributed by atoms with van der Waals surface area (Å²) in [5.41, 5.74) is 6.26. The number of piperazine rings is 1. The first kappa shape index (κ1) is 23.6.